The van der Waals surface area contributed by atoms with Gasteiger partial charge in [0.15, 0.2) is 0 Å². The monoisotopic (exact) mass is 352 g/mol. The third kappa shape index (κ3) is 251. The molecule has 0 bridgehead atoms. The average molecular weight is 351 g/mol. The molecule has 76 valence electrons. The van der Waals surface area contributed by atoms with Crippen LogP contribution in [0, 0.1) is 14.0 Å². The van der Waals surface area contributed by atoms with Gasteiger partial charge in [0, 0.05) is 0 Å². The van der Waals surface area contributed by atoms with Crippen molar-refractivity contribution in [3.05, 3.63) is 32.2 Å². The fraction of sp³-hybridized carbons (Fsp3) is 0.500. The Hall–Kier alpha value is 0.270. The van der Waals surface area contributed by atoms with E-state index in [9.17, 15) is 0 Å². The van der Waals surface area contributed by atoms with Gasteiger partial charge in [0.2, 0.25) is 0 Å². The van der Waals surface area contributed by atoms with E-state index in [2.05, 4.69) is 0 Å². The fourth-order valence-corrected chi connectivity index (χ4v) is 0.111. The molecule has 0 atom stereocenters. The van der Waals surface area contributed by atoms with Crippen molar-refractivity contribution in [3.63, 3.8) is 0 Å². The Morgan fingerprint density at radius 3 is 1.38 bits per heavy atom. The molecule has 0 aliphatic rings. The molecule has 0 fully saturated rings. The van der Waals surface area contributed by atoms with E-state index < -0.39 is 0 Å². The first-order valence-electron chi connectivity index (χ1n) is 3.57. The van der Waals surface area contributed by atoms with E-state index in [0.717, 1.165) is 0 Å². The van der Waals surface area contributed by atoms with Crippen LogP contribution in [-0.2, 0) is 25.8 Å². The normalized spacial score (nSPS) is 6.23. The van der Waals surface area contributed by atoms with Crippen LogP contribution in [0.1, 0.15) is 20.8 Å². The van der Waals surface area contributed by atoms with Gasteiger partial charge in [-0.15, -0.1) is 13.2 Å². The van der Waals surface area contributed by atoms with Crippen molar-refractivity contribution in [2.45, 2.75) is 20.8 Å². The summed E-state index contributed by atoms with van der Waals surface area (Å²) < 4.78 is 0. The standard InChI is InChI=1S/C5H7.2C2H5O.CH3.Hf/c1-3-5-4-2;2*1-2-3;;/h1,3-5H,2H3;2*2H2,1H3;1H3;/q4*-1;+4. The molecule has 0 N–H and O–H groups in total. The third-order valence-electron chi connectivity index (χ3n) is 0.304. The van der Waals surface area contributed by atoms with Crippen LogP contribution in [0.3, 0.4) is 0 Å². The number of hydrogen-bond donors (Lipinski definition) is 0. The van der Waals surface area contributed by atoms with E-state index in [-0.39, 0.29) is 46.5 Å². The Kier molecular flexibility index (Phi) is 126. The van der Waals surface area contributed by atoms with Crippen molar-refractivity contribution in [1.29, 1.82) is 0 Å². The van der Waals surface area contributed by atoms with Crippen LogP contribution in [0.25, 0.3) is 0 Å². The third-order valence-corrected chi connectivity index (χ3v) is 0.304. The second kappa shape index (κ2) is 56.1. The van der Waals surface area contributed by atoms with Crippen LogP contribution in [0.5, 0.6) is 0 Å². The maximum absolute atomic E-state index is 8.93. The Morgan fingerprint density at radius 1 is 1.15 bits per heavy atom. The second-order valence-electron chi connectivity index (χ2n) is 1.30. The quantitative estimate of drug-likeness (QED) is 0.398. The zero-order valence-electron chi connectivity index (χ0n) is 9.04. The SMILES string of the molecule is CC[O-].CC[O-].[CH-]=CC=CC.[CH3-].[Hf+4]. The second-order valence-corrected chi connectivity index (χ2v) is 1.30. The summed E-state index contributed by atoms with van der Waals surface area (Å²) in [6.45, 7) is 9.99. The zero-order chi connectivity index (χ0) is 9.54. The summed E-state index contributed by atoms with van der Waals surface area (Å²) in [7, 11) is 0. The van der Waals surface area contributed by atoms with E-state index in [1.807, 2.05) is 13.0 Å². The minimum absolute atomic E-state index is 0. The van der Waals surface area contributed by atoms with Gasteiger partial charge < -0.3 is 17.6 Å². The molecule has 0 heterocycles. The van der Waals surface area contributed by atoms with Crippen LogP contribution < -0.4 is 10.2 Å². The Balaban J connectivity index is -0.0000000240. The van der Waals surface area contributed by atoms with Crippen LogP contribution in [0.4, 0.5) is 0 Å². The minimum atomic E-state index is 0. The molecule has 0 saturated carbocycles. The van der Waals surface area contributed by atoms with Gasteiger partial charge >= 0.3 is 25.8 Å². The minimum Gasteiger partial charge on any atom is -0.855 e. The first-order valence-corrected chi connectivity index (χ1v) is 3.57. The summed E-state index contributed by atoms with van der Waals surface area (Å²) in [5.41, 5.74) is 0. The smallest absolute Gasteiger partial charge is 0.855 e. The zero-order valence-corrected chi connectivity index (χ0v) is 12.6. The molecule has 0 aliphatic carbocycles. The van der Waals surface area contributed by atoms with Gasteiger partial charge in [0.1, 0.15) is 0 Å². The van der Waals surface area contributed by atoms with Crippen molar-refractivity contribution in [1.82, 2.24) is 0 Å². The molecule has 0 radical (unpaired) electrons. The van der Waals surface area contributed by atoms with Gasteiger partial charge in [-0.1, -0.05) is 20.8 Å². The van der Waals surface area contributed by atoms with Crippen LogP contribution in [0.2, 0.25) is 0 Å². The van der Waals surface area contributed by atoms with Gasteiger partial charge in [-0.2, -0.15) is 6.08 Å². The van der Waals surface area contributed by atoms with Crippen molar-refractivity contribution >= 4 is 0 Å². The van der Waals surface area contributed by atoms with Gasteiger partial charge in [-0.05, 0) is 0 Å². The maximum Gasteiger partial charge on any atom is 4.00 e. The average Bonchev–Trinajstić information content (AvgIpc) is 1.92. The summed E-state index contributed by atoms with van der Waals surface area (Å²) in [5, 5.41) is 17.9. The molecular formula is C10H20HfO2. The van der Waals surface area contributed by atoms with Gasteiger partial charge in [-0.3, -0.25) is 6.58 Å². The summed E-state index contributed by atoms with van der Waals surface area (Å²) in [4.78, 5) is 0. The van der Waals surface area contributed by atoms with E-state index in [4.69, 9.17) is 16.8 Å². The molecule has 0 spiro atoms. The van der Waals surface area contributed by atoms with Crippen molar-refractivity contribution in [2.75, 3.05) is 13.2 Å². The Labute approximate surface area is 102 Å². The van der Waals surface area contributed by atoms with Crippen LogP contribution in [-0.4, -0.2) is 13.2 Å². The fourth-order valence-electron chi connectivity index (χ4n) is 0.111. The Bertz CT molecular complexity index is 71.3. The van der Waals surface area contributed by atoms with Gasteiger partial charge in [-0.25, -0.2) is 12.2 Å². The first kappa shape index (κ1) is 29.2. The molecule has 3 heteroatoms. The topological polar surface area (TPSA) is 46.1 Å². The van der Waals surface area contributed by atoms with Crippen molar-refractivity contribution < 1.29 is 36.1 Å². The molecule has 0 amide bonds. The molecule has 0 aromatic heterocycles. The molecule has 0 rings (SSSR count). The number of allylic oxidation sites excluding steroid dienone is 3. The van der Waals surface area contributed by atoms with E-state index in [1.165, 1.54) is 6.08 Å². The molecule has 0 aromatic rings. The van der Waals surface area contributed by atoms with E-state index in [1.54, 1.807) is 19.9 Å². The molecule has 13 heavy (non-hydrogen) atoms. The predicted octanol–water partition coefficient (Wildman–Crippen LogP) is 0.733. The summed E-state index contributed by atoms with van der Waals surface area (Å²) in [6, 6.07) is 0. The van der Waals surface area contributed by atoms with Crippen LogP contribution in [0.15, 0.2) is 18.2 Å². The summed E-state index contributed by atoms with van der Waals surface area (Å²) >= 11 is 0. The molecular weight excluding hydrogens is 331 g/mol. The van der Waals surface area contributed by atoms with Gasteiger partial charge in [0.25, 0.3) is 0 Å². The largest absolute Gasteiger partial charge is 4.00 e. The molecule has 0 aliphatic heterocycles. The molecule has 2 nitrogen and oxygen atoms in total. The van der Waals surface area contributed by atoms with E-state index >= 15 is 0 Å². The summed E-state index contributed by atoms with van der Waals surface area (Å²) in [5.74, 6) is 0. The van der Waals surface area contributed by atoms with Crippen molar-refractivity contribution in [3.8, 4) is 0 Å². The first-order chi connectivity index (χ1) is 5.24. The summed E-state index contributed by atoms with van der Waals surface area (Å²) in [6.07, 6.45) is 5.15. The van der Waals surface area contributed by atoms with Gasteiger partial charge in [0.05, 0.1) is 0 Å². The Morgan fingerprint density at radius 2 is 1.38 bits per heavy atom. The molecule has 0 unspecified atom stereocenters. The van der Waals surface area contributed by atoms with Crippen molar-refractivity contribution in [2.24, 2.45) is 0 Å². The van der Waals surface area contributed by atoms with Crippen LogP contribution >= 0.6 is 0 Å². The predicted molar refractivity (Wildman–Crippen MR) is 51.2 cm³/mol. The number of rotatable bonds is 1. The van der Waals surface area contributed by atoms with E-state index in [0.29, 0.717) is 0 Å². The maximum atomic E-state index is 8.93. The molecule has 0 aromatic carbocycles. The molecule has 0 saturated heterocycles. The number of hydrogen-bond acceptors (Lipinski definition) is 2.